The lowest BCUT2D eigenvalue weighted by molar-refractivity contribution is 0.159. The molecule has 0 aromatic heterocycles. The molecule has 1 aromatic rings. The van der Waals surface area contributed by atoms with Gasteiger partial charge in [0.25, 0.3) is 0 Å². The van der Waals surface area contributed by atoms with Crippen LogP contribution in [0.2, 0.25) is 0 Å². The summed E-state index contributed by atoms with van der Waals surface area (Å²) in [5, 5.41) is 9.69. The fraction of sp³-hybridized carbons (Fsp3) is 0.400. The first-order chi connectivity index (χ1) is 6.24. The number of hydrogen-bond acceptors (Lipinski definition) is 3. The molecular formula is C10H13NO2. The van der Waals surface area contributed by atoms with Crippen LogP contribution in [0.4, 0.5) is 0 Å². The zero-order chi connectivity index (χ0) is 9.42. The van der Waals surface area contributed by atoms with Gasteiger partial charge in [-0.15, -0.1) is 0 Å². The molecule has 0 heterocycles. The van der Waals surface area contributed by atoms with Gasteiger partial charge in [-0.2, -0.15) is 0 Å². The second kappa shape index (κ2) is 3.01. The van der Waals surface area contributed by atoms with Gasteiger partial charge in [-0.1, -0.05) is 12.1 Å². The van der Waals surface area contributed by atoms with E-state index in [-0.39, 0.29) is 6.04 Å². The van der Waals surface area contributed by atoms with Crippen molar-refractivity contribution in [3.63, 3.8) is 0 Å². The fourth-order valence-electron chi connectivity index (χ4n) is 1.85. The lowest BCUT2D eigenvalue weighted by atomic mass is 10.1. The van der Waals surface area contributed by atoms with Crippen LogP contribution in [-0.4, -0.2) is 18.3 Å². The predicted molar refractivity (Wildman–Crippen MR) is 49.6 cm³/mol. The topological polar surface area (TPSA) is 55.5 Å². The van der Waals surface area contributed by atoms with Crippen molar-refractivity contribution >= 4 is 0 Å². The van der Waals surface area contributed by atoms with E-state index in [0.717, 1.165) is 16.9 Å². The molecule has 0 fully saturated rings. The molecule has 0 amide bonds. The molecule has 1 aliphatic rings. The summed E-state index contributed by atoms with van der Waals surface area (Å²) in [5.41, 5.74) is 7.70. The monoisotopic (exact) mass is 179 g/mol. The van der Waals surface area contributed by atoms with Gasteiger partial charge < -0.3 is 15.6 Å². The number of nitrogens with two attached hydrogens (primary N) is 1. The maximum Gasteiger partial charge on any atom is 0.122 e. The highest BCUT2D eigenvalue weighted by Gasteiger charge is 2.29. The zero-order valence-electron chi connectivity index (χ0n) is 7.53. The summed E-state index contributed by atoms with van der Waals surface area (Å²) in [5.74, 6) is 0.824. The van der Waals surface area contributed by atoms with Crippen LogP contribution in [0, 0.1) is 0 Å². The molecule has 0 saturated heterocycles. The maximum absolute atomic E-state index is 9.69. The van der Waals surface area contributed by atoms with Crippen LogP contribution in [0.15, 0.2) is 18.2 Å². The zero-order valence-corrected chi connectivity index (χ0v) is 7.53. The van der Waals surface area contributed by atoms with Crippen molar-refractivity contribution in [1.29, 1.82) is 0 Å². The Balaban J connectivity index is 2.49. The fourth-order valence-corrected chi connectivity index (χ4v) is 1.85. The van der Waals surface area contributed by atoms with E-state index in [9.17, 15) is 5.11 Å². The minimum Gasteiger partial charge on any atom is -0.496 e. The number of fused-ring (bicyclic) bond motifs is 1. The number of aliphatic hydroxyl groups is 1. The summed E-state index contributed by atoms with van der Waals surface area (Å²) in [4.78, 5) is 0. The quantitative estimate of drug-likeness (QED) is 0.664. The van der Waals surface area contributed by atoms with Gasteiger partial charge in [0.2, 0.25) is 0 Å². The third-order valence-corrected chi connectivity index (χ3v) is 2.55. The van der Waals surface area contributed by atoms with Crippen molar-refractivity contribution in [3.05, 3.63) is 29.3 Å². The summed E-state index contributed by atoms with van der Waals surface area (Å²) in [6, 6.07) is 5.48. The standard InChI is InChI=1S/C10H13NO2/c1-13-9-4-2-3-6-7(9)5-8(11)10(6)12/h2-4,8,10,12H,5,11H2,1H3/t8-,10-/m0/s1. The SMILES string of the molecule is COc1cccc2c1C[C@H](N)[C@H]2O. The molecule has 0 unspecified atom stereocenters. The van der Waals surface area contributed by atoms with Gasteiger partial charge in [-0.05, 0) is 18.1 Å². The first kappa shape index (κ1) is 8.53. The molecule has 70 valence electrons. The molecule has 1 aromatic carbocycles. The van der Waals surface area contributed by atoms with Gasteiger partial charge in [0.1, 0.15) is 5.75 Å². The highest BCUT2D eigenvalue weighted by Crippen LogP contribution is 2.35. The van der Waals surface area contributed by atoms with Crippen LogP contribution in [0.5, 0.6) is 5.75 Å². The van der Waals surface area contributed by atoms with Gasteiger partial charge in [0.05, 0.1) is 13.2 Å². The van der Waals surface area contributed by atoms with E-state index in [1.165, 1.54) is 0 Å². The molecule has 3 nitrogen and oxygen atoms in total. The maximum atomic E-state index is 9.69. The average molecular weight is 179 g/mol. The second-order valence-electron chi connectivity index (χ2n) is 3.34. The Kier molecular flexibility index (Phi) is 1.98. The second-order valence-corrected chi connectivity index (χ2v) is 3.34. The predicted octanol–water partition coefficient (Wildman–Crippen LogP) is 0.612. The highest BCUT2D eigenvalue weighted by atomic mass is 16.5. The summed E-state index contributed by atoms with van der Waals surface area (Å²) < 4.78 is 5.19. The van der Waals surface area contributed by atoms with E-state index in [2.05, 4.69) is 0 Å². The Morgan fingerprint density at radius 1 is 1.54 bits per heavy atom. The van der Waals surface area contributed by atoms with Crippen molar-refractivity contribution in [3.8, 4) is 5.75 Å². The van der Waals surface area contributed by atoms with E-state index < -0.39 is 6.10 Å². The molecule has 0 bridgehead atoms. The van der Waals surface area contributed by atoms with Gasteiger partial charge in [-0.25, -0.2) is 0 Å². The Bertz CT molecular complexity index is 325. The normalized spacial score (nSPS) is 25.8. The third-order valence-electron chi connectivity index (χ3n) is 2.55. The highest BCUT2D eigenvalue weighted by molar-refractivity contribution is 5.45. The Morgan fingerprint density at radius 3 is 3.00 bits per heavy atom. The lowest BCUT2D eigenvalue weighted by Gasteiger charge is -2.08. The van der Waals surface area contributed by atoms with Crippen LogP contribution >= 0.6 is 0 Å². The number of ether oxygens (including phenoxy) is 1. The van der Waals surface area contributed by atoms with E-state index in [1.807, 2.05) is 18.2 Å². The van der Waals surface area contributed by atoms with Gasteiger partial charge in [0.15, 0.2) is 0 Å². The van der Waals surface area contributed by atoms with Gasteiger partial charge in [0, 0.05) is 11.6 Å². The number of rotatable bonds is 1. The van der Waals surface area contributed by atoms with Crippen LogP contribution < -0.4 is 10.5 Å². The molecular weight excluding hydrogens is 166 g/mol. The summed E-state index contributed by atoms with van der Waals surface area (Å²) in [7, 11) is 1.63. The molecule has 2 rings (SSSR count). The first-order valence-electron chi connectivity index (χ1n) is 4.33. The molecule has 3 heteroatoms. The molecule has 3 N–H and O–H groups in total. The van der Waals surface area contributed by atoms with E-state index in [1.54, 1.807) is 7.11 Å². The number of aliphatic hydroxyl groups excluding tert-OH is 1. The smallest absolute Gasteiger partial charge is 0.122 e. The van der Waals surface area contributed by atoms with Crippen molar-refractivity contribution in [2.75, 3.05) is 7.11 Å². The van der Waals surface area contributed by atoms with E-state index >= 15 is 0 Å². The van der Waals surface area contributed by atoms with Crippen molar-refractivity contribution in [2.24, 2.45) is 5.73 Å². The molecule has 0 saturated carbocycles. The number of hydrogen-bond donors (Lipinski definition) is 2. The molecule has 1 aliphatic carbocycles. The van der Waals surface area contributed by atoms with Crippen LogP contribution in [0.3, 0.4) is 0 Å². The number of benzene rings is 1. The largest absolute Gasteiger partial charge is 0.496 e. The van der Waals surface area contributed by atoms with E-state index in [0.29, 0.717) is 6.42 Å². The van der Waals surface area contributed by atoms with Gasteiger partial charge in [-0.3, -0.25) is 0 Å². The van der Waals surface area contributed by atoms with E-state index in [4.69, 9.17) is 10.5 Å². The molecule has 0 aliphatic heterocycles. The van der Waals surface area contributed by atoms with Crippen LogP contribution in [0.1, 0.15) is 17.2 Å². The first-order valence-corrected chi connectivity index (χ1v) is 4.33. The van der Waals surface area contributed by atoms with Crippen molar-refractivity contribution in [1.82, 2.24) is 0 Å². The third kappa shape index (κ3) is 1.20. The van der Waals surface area contributed by atoms with Crippen LogP contribution in [0.25, 0.3) is 0 Å². The lowest BCUT2D eigenvalue weighted by Crippen LogP contribution is -2.24. The molecule has 2 atom stereocenters. The Hall–Kier alpha value is -1.06. The summed E-state index contributed by atoms with van der Waals surface area (Å²) in [6.45, 7) is 0. The van der Waals surface area contributed by atoms with Gasteiger partial charge >= 0.3 is 0 Å². The minimum absolute atomic E-state index is 0.189. The minimum atomic E-state index is -0.537. The summed E-state index contributed by atoms with van der Waals surface area (Å²) in [6.07, 6.45) is 0.158. The Morgan fingerprint density at radius 2 is 2.31 bits per heavy atom. The Labute approximate surface area is 77.1 Å². The van der Waals surface area contributed by atoms with Crippen molar-refractivity contribution in [2.45, 2.75) is 18.6 Å². The number of methoxy groups -OCH3 is 1. The molecule has 0 radical (unpaired) electrons. The van der Waals surface area contributed by atoms with Crippen molar-refractivity contribution < 1.29 is 9.84 Å². The molecule has 0 spiro atoms. The van der Waals surface area contributed by atoms with Crippen LogP contribution in [-0.2, 0) is 6.42 Å². The average Bonchev–Trinajstić information content (AvgIpc) is 2.43. The summed E-state index contributed by atoms with van der Waals surface area (Å²) >= 11 is 0. The molecule has 13 heavy (non-hydrogen) atoms.